The van der Waals surface area contributed by atoms with Crippen molar-refractivity contribution in [2.45, 2.75) is 25.5 Å². The van der Waals surface area contributed by atoms with Crippen molar-refractivity contribution in [2.75, 3.05) is 6.54 Å². The van der Waals surface area contributed by atoms with Gasteiger partial charge in [-0.25, -0.2) is 13.8 Å². The predicted molar refractivity (Wildman–Crippen MR) is 119 cm³/mol. The molecule has 0 aliphatic carbocycles. The SMILES string of the molecule is CCn1c(C(O)(c2ccccc2)c2ccccc2)nc2ccc(C(=O)NCC(F)F)cc21. The summed E-state index contributed by atoms with van der Waals surface area (Å²) in [5, 5.41) is 14.3. The Balaban J connectivity index is 1.89. The minimum Gasteiger partial charge on any atom is -0.373 e. The number of hydrogen-bond acceptors (Lipinski definition) is 3. The van der Waals surface area contributed by atoms with E-state index in [1.807, 2.05) is 72.2 Å². The van der Waals surface area contributed by atoms with E-state index in [9.17, 15) is 18.7 Å². The first-order chi connectivity index (χ1) is 15.4. The molecular weight excluding hydrogens is 412 g/mol. The van der Waals surface area contributed by atoms with Crippen LogP contribution in [-0.4, -0.2) is 33.5 Å². The molecule has 0 bridgehead atoms. The van der Waals surface area contributed by atoms with Crippen LogP contribution in [0.4, 0.5) is 8.78 Å². The molecule has 7 heteroatoms. The van der Waals surface area contributed by atoms with Crippen molar-refractivity contribution in [1.29, 1.82) is 0 Å². The average Bonchev–Trinajstić information content (AvgIpc) is 3.21. The Bertz CT molecular complexity index is 1180. The number of nitrogens with zero attached hydrogens (tertiary/aromatic N) is 2. The van der Waals surface area contributed by atoms with Gasteiger partial charge in [-0.2, -0.15) is 0 Å². The first-order valence-corrected chi connectivity index (χ1v) is 10.4. The normalized spacial score (nSPS) is 11.8. The van der Waals surface area contributed by atoms with Gasteiger partial charge in [-0.3, -0.25) is 4.79 Å². The lowest BCUT2D eigenvalue weighted by Gasteiger charge is -2.29. The highest BCUT2D eigenvalue weighted by Gasteiger charge is 2.38. The van der Waals surface area contributed by atoms with Crippen molar-refractivity contribution in [3.05, 3.63) is 101 Å². The summed E-state index contributed by atoms with van der Waals surface area (Å²) in [6.07, 6.45) is -2.62. The fourth-order valence-corrected chi connectivity index (χ4v) is 3.92. The summed E-state index contributed by atoms with van der Waals surface area (Å²) in [7, 11) is 0. The molecule has 1 amide bonds. The van der Waals surface area contributed by atoms with Crippen molar-refractivity contribution < 1.29 is 18.7 Å². The molecule has 164 valence electrons. The van der Waals surface area contributed by atoms with Gasteiger partial charge in [0.15, 0.2) is 11.4 Å². The second kappa shape index (κ2) is 8.88. The summed E-state index contributed by atoms with van der Waals surface area (Å²) in [4.78, 5) is 17.1. The standard InChI is InChI=1S/C25H23F2N3O2/c1-2-30-21-15-17(23(31)28-16-22(26)27)13-14-20(21)29-24(30)25(32,18-9-5-3-6-10-18)19-11-7-4-8-12-19/h3-15,22,32H,2,16H2,1H3,(H,28,31). The number of carbonyl (C=O) groups is 1. The van der Waals surface area contributed by atoms with Gasteiger partial charge in [0.2, 0.25) is 0 Å². The summed E-state index contributed by atoms with van der Waals surface area (Å²) >= 11 is 0. The van der Waals surface area contributed by atoms with E-state index >= 15 is 0 Å². The van der Waals surface area contributed by atoms with E-state index in [2.05, 4.69) is 5.32 Å². The molecule has 0 aliphatic rings. The number of imidazole rings is 1. The number of rotatable bonds is 7. The van der Waals surface area contributed by atoms with Crippen molar-refractivity contribution in [1.82, 2.24) is 14.9 Å². The monoisotopic (exact) mass is 435 g/mol. The maximum Gasteiger partial charge on any atom is 0.255 e. The van der Waals surface area contributed by atoms with Gasteiger partial charge in [0.05, 0.1) is 17.6 Å². The summed E-state index contributed by atoms with van der Waals surface area (Å²) < 4.78 is 26.8. The van der Waals surface area contributed by atoms with Crippen LogP contribution in [0.25, 0.3) is 11.0 Å². The second-order valence-corrected chi connectivity index (χ2v) is 7.43. The molecule has 0 atom stereocenters. The molecule has 3 aromatic carbocycles. The number of alkyl halides is 2. The van der Waals surface area contributed by atoms with Gasteiger partial charge >= 0.3 is 0 Å². The van der Waals surface area contributed by atoms with Crippen LogP contribution >= 0.6 is 0 Å². The zero-order valence-electron chi connectivity index (χ0n) is 17.5. The Labute approximate surface area is 184 Å². The third-order valence-corrected chi connectivity index (χ3v) is 5.45. The molecule has 0 spiro atoms. The van der Waals surface area contributed by atoms with E-state index in [4.69, 9.17) is 4.98 Å². The Morgan fingerprint density at radius 2 is 1.62 bits per heavy atom. The molecular formula is C25H23F2N3O2. The van der Waals surface area contributed by atoms with Crippen molar-refractivity contribution in [3.8, 4) is 0 Å². The summed E-state index contributed by atoms with van der Waals surface area (Å²) in [6, 6.07) is 23.4. The van der Waals surface area contributed by atoms with E-state index in [0.717, 1.165) is 0 Å². The number of amides is 1. The van der Waals surface area contributed by atoms with Crippen LogP contribution in [0, 0.1) is 0 Å². The van der Waals surface area contributed by atoms with E-state index in [0.29, 0.717) is 34.5 Å². The quantitative estimate of drug-likeness (QED) is 0.454. The highest BCUT2D eigenvalue weighted by atomic mass is 19.3. The third-order valence-electron chi connectivity index (χ3n) is 5.45. The Morgan fingerprint density at radius 1 is 1.03 bits per heavy atom. The van der Waals surface area contributed by atoms with Gasteiger partial charge in [-0.15, -0.1) is 0 Å². The summed E-state index contributed by atoms with van der Waals surface area (Å²) in [5.41, 5.74) is 1.27. The Kier molecular flexibility index (Phi) is 6.01. The van der Waals surface area contributed by atoms with Gasteiger partial charge in [0, 0.05) is 12.1 Å². The van der Waals surface area contributed by atoms with E-state index in [1.54, 1.807) is 18.2 Å². The van der Waals surface area contributed by atoms with Gasteiger partial charge < -0.3 is 15.0 Å². The second-order valence-electron chi connectivity index (χ2n) is 7.43. The average molecular weight is 435 g/mol. The lowest BCUT2D eigenvalue weighted by atomic mass is 9.85. The Morgan fingerprint density at radius 3 is 2.16 bits per heavy atom. The van der Waals surface area contributed by atoms with Crippen LogP contribution in [-0.2, 0) is 12.1 Å². The summed E-state index contributed by atoms with van der Waals surface area (Å²) in [5.74, 6) is -0.170. The molecule has 0 radical (unpaired) electrons. The number of aliphatic hydroxyl groups is 1. The van der Waals surface area contributed by atoms with Gasteiger partial charge in [-0.1, -0.05) is 60.7 Å². The number of carbonyl (C=O) groups excluding carboxylic acids is 1. The number of fused-ring (bicyclic) bond motifs is 1. The fourth-order valence-electron chi connectivity index (χ4n) is 3.92. The first-order valence-electron chi connectivity index (χ1n) is 10.4. The van der Waals surface area contributed by atoms with Crippen LogP contribution in [0.15, 0.2) is 78.9 Å². The molecule has 2 N–H and O–H groups in total. The maximum absolute atomic E-state index is 12.5. The van der Waals surface area contributed by atoms with Crippen LogP contribution in [0.2, 0.25) is 0 Å². The Hall–Kier alpha value is -3.58. The molecule has 1 heterocycles. The number of nitrogens with one attached hydrogen (secondary N) is 1. The van der Waals surface area contributed by atoms with E-state index in [-0.39, 0.29) is 5.56 Å². The third kappa shape index (κ3) is 3.87. The van der Waals surface area contributed by atoms with E-state index in [1.165, 1.54) is 0 Å². The highest BCUT2D eigenvalue weighted by molar-refractivity contribution is 5.97. The van der Waals surface area contributed by atoms with Crippen LogP contribution in [0.1, 0.15) is 34.2 Å². The lowest BCUT2D eigenvalue weighted by molar-refractivity contribution is 0.0892. The molecule has 4 aromatic rings. The highest BCUT2D eigenvalue weighted by Crippen LogP contribution is 2.37. The minimum absolute atomic E-state index is 0.252. The zero-order chi connectivity index (χ0) is 22.7. The molecule has 0 saturated heterocycles. The largest absolute Gasteiger partial charge is 0.373 e. The van der Waals surface area contributed by atoms with Crippen molar-refractivity contribution >= 4 is 16.9 Å². The van der Waals surface area contributed by atoms with Gasteiger partial charge in [0.25, 0.3) is 12.3 Å². The number of aryl methyl sites for hydroxylation is 1. The molecule has 1 aromatic heterocycles. The zero-order valence-corrected chi connectivity index (χ0v) is 17.5. The number of hydrogen-bond donors (Lipinski definition) is 2. The van der Waals surface area contributed by atoms with Crippen LogP contribution in [0.3, 0.4) is 0 Å². The molecule has 32 heavy (non-hydrogen) atoms. The van der Waals surface area contributed by atoms with Gasteiger partial charge in [-0.05, 0) is 36.2 Å². The first kappa shape index (κ1) is 21.6. The molecule has 4 rings (SSSR count). The van der Waals surface area contributed by atoms with Crippen molar-refractivity contribution in [2.24, 2.45) is 0 Å². The summed E-state index contributed by atoms with van der Waals surface area (Å²) in [6.45, 7) is 1.69. The van der Waals surface area contributed by atoms with Crippen molar-refractivity contribution in [3.63, 3.8) is 0 Å². The maximum atomic E-state index is 12.5. The number of halogens is 2. The fraction of sp³-hybridized carbons (Fsp3) is 0.200. The van der Waals surface area contributed by atoms with Crippen LogP contribution in [0.5, 0.6) is 0 Å². The van der Waals surface area contributed by atoms with E-state index < -0.39 is 24.5 Å². The molecule has 0 fully saturated rings. The topological polar surface area (TPSA) is 67.1 Å². The van der Waals surface area contributed by atoms with Crippen LogP contribution < -0.4 is 5.32 Å². The smallest absolute Gasteiger partial charge is 0.255 e. The molecule has 0 aliphatic heterocycles. The molecule has 0 unspecified atom stereocenters. The lowest BCUT2D eigenvalue weighted by Crippen LogP contribution is -2.32. The number of benzene rings is 3. The minimum atomic E-state index is -2.62. The molecule has 5 nitrogen and oxygen atoms in total. The number of aromatic nitrogens is 2. The predicted octanol–water partition coefficient (Wildman–Crippen LogP) is 4.34. The van der Waals surface area contributed by atoms with Gasteiger partial charge in [0.1, 0.15) is 0 Å². The molecule has 0 saturated carbocycles.